The summed E-state index contributed by atoms with van der Waals surface area (Å²) in [7, 11) is 0. The van der Waals surface area contributed by atoms with Crippen LogP contribution in [0, 0.1) is 5.41 Å². The third kappa shape index (κ3) is 3.19. The maximum atomic E-state index is 11.6. The smallest absolute Gasteiger partial charge is 0.311 e. The van der Waals surface area contributed by atoms with Crippen molar-refractivity contribution in [1.82, 2.24) is 0 Å². The molecule has 0 spiro atoms. The zero-order valence-electron chi connectivity index (χ0n) is 9.34. The van der Waals surface area contributed by atoms with Gasteiger partial charge in [-0.05, 0) is 45.8 Å². The Kier molecular flexibility index (Phi) is 4.30. The highest BCUT2D eigenvalue weighted by Crippen LogP contribution is 2.36. The average Bonchev–Trinajstić information content (AvgIpc) is 2.56. The Bertz CT molecular complexity index is 195. The summed E-state index contributed by atoms with van der Waals surface area (Å²) in [6.07, 6.45) is 3.51. The Labute approximate surface area is 90.8 Å². The van der Waals surface area contributed by atoms with Gasteiger partial charge in [0.05, 0.1) is 12.0 Å². The van der Waals surface area contributed by atoms with Crippen molar-refractivity contribution in [2.45, 2.75) is 45.3 Å². The lowest BCUT2D eigenvalue weighted by atomic mass is 9.87. The molecule has 0 aromatic rings. The highest BCUT2D eigenvalue weighted by molar-refractivity contribution is 8.00. The van der Waals surface area contributed by atoms with Gasteiger partial charge >= 0.3 is 5.97 Å². The van der Waals surface area contributed by atoms with E-state index in [-0.39, 0.29) is 11.4 Å². The summed E-state index contributed by atoms with van der Waals surface area (Å²) in [5.74, 6) is 1.20. The molecular weight excluding hydrogens is 196 g/mol. The minimum atomic E-state index is -0.308. The summed E-state index contributed by atoms with van der Waals surface area (Å²) in [4.78, 5) is 11.6. The minimum Gasteiger partial charge on any atom is -0.466 e. The van der Waals surface area contributed by atoms with Gasteiger partial charge in [-0.15, -0.1) is 0 Å². The molecule has 0 N–H and O–H groups in total. The van der Waals surface area contributed by atoms with Crippen LogP contribution in [0.1, 0.15) is 40.0 Å². The molecule has 1 saturated heterocycles. The van der Waals surface area contributed by atoms with Gasteiger partial charge in [-0.1, -0.05) is 0 Å². The van der Waals surface area contributed by atoms with Crippen LogP contribution in [0.15, 0.2) is 0 Å². The van der Waals surface area contributed by atoms with E-state index in [0.717, 1.165) is 6.42 Å². The molecule has 2 nitrogen and oxygen atoms in total. The van der Waals surface area contributed by atoms with Gasteiger partial charge in [0.2, 0.25) is 0 Å². The van der Waals surface area contributed by atoms with E-state index in [1.54, 1.807) is 0 Å². The molecule has 0 saturated carbocycles. The van der Waals surface area contributed by atoms with Crippen molar-refractivity contribution in [3.63, 3.8) is 0 Å². The predicted octanol–water partition coefficient (Wildman–Crippen LogP) is 2.86. The molecule has 0 aliphatic carbocycles. The molecule has 1 rings (SSSR count). The van der Waals surface area contributed by atoms with Crippen LogP contribution in [-0.4, -0.2) is 23.6 Å². The van der Waals surface area contributed by atoms with Gasteiger partial charge in [0.15, 0.2) is 0 Å². The van der Waals surface area contributed by atoms with Crippen molar-refractivity contribution in [2.24, 2.45) is 5.41 Å². The fourth-order valence-corrected chi connectivity index (χ4v) is 3.32. The largest absolute Gasteiger partial charge is 0.466 e. The number of ether oxygens (including phenoxy) is 1. The monoisotopic (exact) mass is 216 g/mol. The van der Waals surface area contributed by atoms with Gasteiger partial charge in [0.25, 0.3) is 0 Å². The van der Waals surface area contributed by atoms with Crippen LogP contribution in [0.25, 0.3) is 0 Å². The highest BCUT2D eigenvalue weighted by Gasteiger charge is 2.33. The normalized spacial score (nSPS) is 22.4. The fourth-order valence-electron chi connectivity index (χ4n) is 1.78. The maximum Gasteiger partial charge on any atom is 0.311 e. The molecular formula is C11H20O2S. The summed E-state index contributed by atoms with van der Waals surface area (Å²) in [6, 6.07) is 0. The van der Waals surface area contributed by atoms with Crippen LogP contribution in [0.3, 0.4) is 0 Å². The van der Waals surface area contributed by atoms with E-state index >= 15 is 0 Å². The Morgan fingerprint density at radius 2 is 2.29 bits per heavy atom. The van der Waals surface area contributed by atoms with Crippen molar-refractivity contribution < 1.29 is 9.53 Å². The third-order valence-corrected chi connectivity index (χ3v) is 3.99. The van der Waals surface area contributed by atoms with Crippen molar-refractivity contribution in [3.05, 3.63) is 0 Å². The molecule has 1 aliphatic rings. The molecule has 82 valence electrons. The number of thioether (sulfide) groups is 1. The van der Waals surface area contributed by atoms with Crippen LogP contribution in [0.5, 0.6) is 0 Å². The van der Waals surface area contributed by atoms with E-state index in [4.69, 9.17) is 4.74 Å². The average molecular weight is 216 g/mol. The molecule has 14 heavy (non-hydrogen) atoms. The Morgan fingerprint density at radius 1 is 1.57 bits per heavy atom. The van der Waals surface area contributed by atoms with Crippen molar-refractivity contribution >= 4 is 17.7 Å². The summed E-state index contributed by atoms with van der Waals surface area (Å²) >= 11 is 2.00. The molecule has 1 heterocycles. The molecule has 0 bridgehead atoms. The van der Waals surface area contributed by atoms with E-state index < -0.39 is 0 Å². The quantitative estimate of drug-likeness (QED) is 0.676. The van der Waals surface area contributed by atoms with E-state index in [1.807, 2.05) is 32.5 Å². The van der Waals surface area contributed by atoms with Gasteiger partial charge in [-0.3, -0.25) is 4.79 Å². The van der Waals surface area contributed by atoms with Gasteiger partial charge < -0.3 is 4.74 Å². The van der Waals surface area contributed by atoms with Crippen LogP contribution < -0.4 is 0 Å². The first-order valence-corrected chi connectivity index (χ1v) is 6.40. The lowest BCUT2D eigenvalue weighted by Gasteiger charge is -2.24. The summed E-state index contributed by atoms with van der Waals surface area (Å²) < 4.78 is 5.07. The number of esters is 1. The molecule has 0 radical (unpaired) electrons. The van der Waals surface area contributed by atoms with Crippen molar-refractivity contribution in [2.75, 3.05) is 12.4 Å². The molecule has 3 heteroatoms. The number of hydrogen-bond acceptors (Lipinski definition) is 3. The first-order valence-electron chi connectivity index (χ1n) is 5.35. The Balaban J connectivity index is 2.42. The number of carbonyl (C=O) groups excluding carboxylic acids is 1. The van der Waals surface area contributed by atoms with E-state index in [0.29, 0.717) is 11.9 Å². The van der Waals surface area contributed by atoms with Gasteiger partial charge in [0, 0.05) is 5.25 Å². The third-order valence-electron chi connectivity index (χ3n) is 2.59. The zero-order valence-corrected chi connectivity index (χ0v) is 10.2. The molecule has 1 unspecified atom stereocenters. The van der Waals surface area contributed by atoms with E-state index in [9.17, 15) is 4.79 Å². The van der Waals surface area contributed by atoms with Crippen molar-refractivity contribution in [1.29, 1.82) is 0 Å². The van der Waals surface area contributed by atoms with E-state index in [2.05, 4.69) is 0 Å². The second kappa shape index (κ2) is 5.06. The molecule has 0 aromatic carbocycles. The van der Waals surface area contributed by atoms with Gasteiger partial charge in [0.1, 0.15) is 0 Å². The predicted molar refractivity (Wildman–Crippen MR) is 60.5 cm³/mol. The Hall–Kier alpha value is -0.180. The number of rotatable bonds is 4. The lowest BCUT2D eigenvalue weighted by Crippen LogP contribution is -2.29. The van der Waals surface area contributed by atoms with Crippen LogP contribution in [0.4, 0.5) is 0 Å². The second-order valence-corrected chi connectivity index (χ2v) is 5.85. The van der Waals surface area contributed by atoms with Crippen molar-refractivity contribution in [3.8, 4) is 0 Å². The topological polar surface area (TPSA) is 26.3 Å². The molecule has 1 aliphatic heterocycles. The highest BCUT2D eigenvalue weighted by atomic mass is 32.2. The van der Waals surface area contributed by atoms with Crippen LogP contribution in [-0.2, 0) is 9.53 Å². The van der Waals surface area contributed by atoms with Crippen LogP contribution in [0.2, 0.25) is 0 Å². The molecule has 1 atom stereocenters. The van der Waals surface area contributed by atoms with Gasteiger partial charge in [-0.2, -0.15) is 11.8 Å². The summed E-state index contributed by atoms with van der Waals surface area (Å²) in [5, 5.41) is 0.661. The summed E-state index contributed by atoms with van der Waals surface area (Å²) in [5.41, 5.74) is -0.308. The van der Waals surface area contributed by atoms with Gasteiger partial charge in [-0.25, -0.2) is 0 Å². The zero-order chi connectivity index (χ0) is 10.6. The number of hydrogen-bond donors (Lipinski definition) is 0. The first kappa shape index (κ1) is 11.9. The standard InChI is InChI=1S/C11H20O2S/c1-4-13-10(12)11(2,3)8-9-6-5-7-14-9/h9H,4-8H2,1-3H3. The van der Waals surface area contributed by atoms with E-state index in [1.165, 1.54) is 18.6 Å². The molecule has 1 fully saturated rings. The lowest BCUT2D eigenvalue weighted by molar-refractivity contribution is -0.153. The Morgan fingerprint density at radius 3 is 2.79 bits per heavy atom. The maximum absolute atomic E-state index is 11.6. The second-order valence-electron chi connectivity index (χ2n) is 4.44. The molecule has 0 amide bonds. The van der Waals surface area contributed by atoms with Crippen LogP contribution >= 0.6 is 11.8 Å². The molecule has 0 aromatic heterocycles. The SMILES string of the molecule is CCOC(=O)C(C)(C)CC1CCCS1. The first-order chi connectivity index (χ1) is 6.56. The number of carbonyl (C=O) groups is 1. The fraction of sp³-hybridized carbons (Fsp3) is 0.909. The summed E-state index contributed by atoms with van der Waals surface area (Å²) in [6.45, 7) is 6.33. The minimum absolute atomic E-state index is 0.0486.